The van der Waals surface area contributed by atoms with Gasteiger partial charge in [-0.25, -0.2) is 0 Å². The van der Waals surface area contributed by atoms with Crippen LogP contribution in [0.5, 0.6) is 0 Å². The lowest BCUT2D eigenvalue weighted by Gasteiger charge is -1.80. The normalized spacial score (nSPS) is 8.17. The van der Waals surface area contributed by atoms with Crippen LogP contribution in [0.2, 0.25) is 0 Å². The summed E-state index contributed by atoms with van der Waals surface area (Å²) in [6, 6.07) is 0. The summed E-state index contributed by atoms with van der Waals surface area (Å²) in [5.74, 6) is 0.767. The van der Waals surface area contributed by atoms with Gasteiger partial charge < -0.3 is 4.55 Å². The van der Waals surface area contributed by atoms with Crippen LogP contribution in [-0.2, 0) is 0 Å². The van der Waals surface area contributed by atoms with Gasteiger partial charge in [-0.2, -0.15) is 0 Å². The molecule has 0 unspecified atom stereocenters. The second-order valence-electron chi connectivity index (χ2n) is 0.911. The van der Waals surface area contributed by atoms with E-state index in [1.165, 1.54) is 0 Å². The second-order valence-corrected chi connectivity index (χ2v) is 1.58. The molecule has 0 aliphatic rings. The molecule has 0 aromatic heterocycles. The molecule has 0 heterocycles. The Labute approximate surface area is 42.3 Å². The molecule has 6 heavy (non-hydrogen) atoms. The summed E-state index contributed by atoms with van der Waals surface area (Å²) >= 11 is 0.855. The average molecular weight is 104 g/mol. The summed E-state index contributed by atoms with van der Waals surface area (Å²) in [5, 5.41) is 0. The van der Waals surface area contributed by atoms with E-state index in [-0.39, 0.29) is 0 Å². The van der Waals surface area contributed by atoms with Crippen LogP contribution in [0.15, 0.2) is 12.7 Å². The molecule has 0 atom stereocenters. The van der Waals surface area contributed by atoms with E-state index in [1.54, 1.807) is 6.08 Å². The molecule has 0 radical (unpaired) electrons. The number of allylic oxidation sites excluding steroid dienone is 1. The summed E-state index contributed by atoms with van der Waals surface area (Å²) in [5.41, 5.74) is 0. The minimum Gasteiger partial charge on any atom is -0.330 e. The Morgan fingerprint density at radius 2 is 2.50 bits per heavy atom. The van der Waals surface area contributed by atoms with E-state index in [0.717, 1.165) is 24.2 Å². The van der Waals surface area contributed by atoms with Gasteiger partial charge in [-0.05, 0) is 18.5 Å². The first-order chi connectivity index (χ1) is 2.91. The van der Waals surface area contributed by atoms with Gasteiger partial charge in [0.25, 0.3) is 0 Å². The van der Waals surface area contributed by atoms with Crippen LogP contribution in [0.3, 0.4) is 0 Å². The van der Waals surface area contributed by atoms with E-state index in [9.17, 15) is 0 Å². The maximum atomic E-state index is 8.07. The first kappa shape index (κ1) is 6.05. The molecule has 1 N–H and O–H groups in total. The fourth-order valence-corrected chi connectivity index (χ4v) is 0.408. The van der Waals surface area contributed by atoms with Crippen LogP contribution in [0, 0.1) is 0 Å². The second kappa shape index (κ2) is 5.05. The zero-order valence-electron chi connectivity index (χ0n) is 3.55. The van der Waals surface area contributed by atoms with Gasteiger partial charge in [0.15, 0.2) is 0 Å². The van der Waals surface area contributed by atoms with Crippen molar-refractivity contribution >= 4 is 12.0 Å². The van der Waals surface area contributed by atoms with E-state index in [1.807, 2.05) is 0 Å². The number of hydrogen-bond acceptors (Lipinski definition) is 2. The highest BCUT2D eigenvalue weighted by molar-refractivity contribution is 7.93. The van der Waals surface area contributed by atoms with Crippen LogP contribution >= 0.6 is 12.0 Å². The number of hydrogen-bond donors (Lipinski definition) is 1. The third-order valence-electron chi connectivity index (χ3n) is 0.413. The topological polar surface area (TPSA) is 20.2 Å². The van der Waals surface area contributed by atoms with Gasteiger partial charge >= 0.3 is 0 Å². The minimum absolute atomic E-state index is 0.767. The molecule has 0 amide bonds. The third kappa shape index (κ3) is 4.05. The Balaban J connectivity index is 2.49. The SMILES string of the molecule is C=CCCSO. The van der Waals surface area contributed by atoms with E-state index >= 15 is 0 Å². The van der Waals surface area contributed by atoms with Crippen LogP contribution < -0.4 is 0 Å². The first-order valence-corrected chi connectivity index (χ1v) is 2.73. The van der Waals surface area contributed by atoms with Crippen molar-refractivity contribution in [3.63, 3.8) is 0 Å². The van der Waals surface area contributed by atoms with Crippen molar-refractivity contribution in [3.05, 3.63) is 12.7 Å². The predicted molar refractivity (Wildman–Crippen MR) is 29.9 cm³/mol. The Kier molecular flexibility index (Phi) is 5.09. The zero-order valence-corrected chi connectivity index (χ0v) is 4.37. The van der Waals surface area contributed by atoms with Gasteiger partial charge in [0.05, 0.1) is 0 Å². The van der Waals surface area contributed by atoms with Crippen molar-refractivity contribution in [1.29, 1.82) is 0 Å². The Bertz CT molecular complexity index is 36.5. The van der Waals surface area contributed by atoms with Crippen molar-refractivity contribution < 1.29 is 4.55 Å². The molecule has 0 aromatic carbocycles. The summed E-state index contributed by atoms with van der Waals surface area (Å²) in [6.45, 7) is 3.47. The van der Waals surface area contributed by atoms with Gasteiger partial charge in [0, 0.05) is 5.75 Å². The lowest BCUT2D eigenvalue weighted by atomic mass is 10.5. The summed E-state index contributed by atoms with van der Waals surface area (Å²) < 4.78 is 8.07. The van der Waals surface area contributed by atoms with Gasteiger partial charge in [-0.15, -0.1) is 6.58 Å². The highest BCUT2D eigenvalue weighted by Gasteiger charge is 1.73. The molecule has 0 bridgehead atoms. The lowest BCUT2D eigenvalue weighted by molar-refractivity contribution is 0.663. The van der Waals surface area contributed by atoms with E-state index < -0.39 is 0 Å². The molecule has 0 aliphatic carbocycles. The molecule has 2 heteroatoms. The monoisotopic (exact) mass is 104 g/mol. The Morgan fingerprint density at radius 3 is 2.67 bits per heavy atom. The fourth-order valence-electron chi connectivity index (χ4n) is 0.136. The van der Waals surface area contributed by atoms with Crippen molar-refractivity contribution in [1.82, 2.24) is 0 Å². The summed E-state index contributed by atoms with van der Waals surface area (Å²) in [7, 11) is 0. The highest BCUT2D eigenvalue weighted by atomic mass is 32.2. The van der Waals surface area contributed by atoms with Crippen molar-refractivity contribution in [2.24, 2.45) is 0 Å². The van der Waals surface area contributed by atoms with Crippen LogP contribution in [0.4, 0.5) is 0 Å². The predicted octanol–water partition coefficient (Wildman–Crippen LogP) is 1.77. The van der Waals surface area contributed by atoms with E-state index in [4.69, 9.17) is 4.55 Å². The number of rotatable bonds is 3. The maximum absolute atomic E-state index is 8.07. The zero-order chi connectivity index (χ0) is 4.83. The molecule has 0 fully saturated rings. The van der Waals surface area contributed by atoms with Gasteiger partial charge in [-0.3, -0.25) is 0 Å². The smallest absolute Gasteiger partial charge is 0.0229 e. The summed E-state index contributed by atoms with van der Waals surface area (Å²) in [4.78, 5) is 0. The van der Waals surface area contributed by atoms with E-state index in [0.29, 0.717) is 0 Å². The maximum Gasteiger partial charge on any atom is 0.0229 e. The molecule has 0 spiro atoms. The highest BCUT2D eigenvalue weighted by Crippen LogP contribution is 1.92. The lowest BCUT2D eigenvalue weighted by Crippen LogP contribution is -1.68. The van der Waals surface area contributed by atoms with Crippen LogP contribution in [0.25, 0.3) is 0 Å². The van der Waals surface area contributed by atoms with Crippen molar-refractivity contribution in [2.75, 3.05) is 5.75 Å². The molecular formula is C4H8OS. The first-order valence-electron chi connectivity index (χ1n) is 1.79. The van der Waals surface area contributed by atoms with Crippen LogP contribution in [0.1, 0.15) is 6.42 Å². The molecule has 0 rings (SSSR count). The Hall–Kier alpha value is 0.0500. The van der Waals surface area contributed by atoms with Crippen LogP contribution in [-0.4, -0.2) is 10.3 Å². The quantitative estimate of drug-likeness (QED) is 0.334. The van der Waals surface area contributed by atoms with Gasteiger partial charge in [-0.1, -0.05) is 6.08 Å². The molecule has 0 saturated carbocycles. The standard InChI is InChI=1S/C4H8OS/c1-2-3-4-6-5/h2,5H,1,3-4H2. The molecular weight excluding hydrogens is 96.1 g/mol. The Morgan fingerprint density at radius 1 is 1.83 bits per heavy atom. The minimum atomic E-state index is 0.767. The molecule has 36 valence electrons. The third-order valence-corrected chi connectivity index (χ3v) is 0.832. The summed E-state index contributed by atoms with van der Waals surface area (Å²) in [6.07, 6.45) is 2.67. The fraction of sp³-hybridized carbons (Fsp3) is 0.500. The average Bonchev–Trinajstić information content (AvgIpc) is 1.61. The van der Waals surface area contributed by atoms with Crippen molar-refractivity contribution in [2.45, 2.75) is 6.42 Å². The van der Waals surface area contributed by atoms with Gasteiger partial charge in [0.2, 0.25) is 0 Å². The van der Waals surface area contributed by atoms with Gasteiger partial charge in [0.1, 0.15) is 0 Å². The molecule has 0 saturated heterocycles. The molecule has 1 nitrogen and oxygen atoms in total. The molecule has 0 aromatic rings. The van der Waals surface area contributed by atoms with E-state index in [2.05, 4.69) is 6.58 Å². The largest absolute Gasteiger partial charge is 0.330 e. The molecule has 0 aliphatic heterocycles. The van der Waals surface area contributed by atoms with Crippen molar-refractivity contribution in [3.8, 4) is 0 Å².